The van der Waals surface area contributed by atoms with E-state index in [-0.39, 0.29) is 5.75 Å². The van der Waals surface area contributed by atoms with Crippen LogP contribution in [0.2, 0.25) is 0 Å². The summed E-state index contributed by atoms with van der Waals surface area (Å²) in [6.45, 7) is 3.90. The number of ether oxygens (including phenoxy) is 1. The van der Waals surface area contributed by atoms with Crippen LogP contribution in [-0.2, 0) is 0 Å². The second-order valence-electron chi connectivity index (χ2n) is 6.15. The number of aryl methyl sites for hydroxylation is 2. The molecule has 1 aliphatic heterocycles. The van der Waals surface area contributed by atoms with Crippen LogP contribution in [0.15, 0.2) is 41.6 Å². The van der Waals surface area contributed by atoms with Crippen LogP contribution in [0.25, 0.3) is 11.3 Å². The van der Waals surface area contributed by atoms with Gasteiger partial charge in [-0.3, -0.25) is 0 Å². The lowest BCUT2D eigenvalue weighted by Gasteiger charge is -2.22. The Labute approximate surface area is 155 Å². The first-order valence-corrected chi connectivity index (χ1v) is 9.40. The molecule has 2 N–H and O–H groups in total. The number of hydrogen-bond acceptors (Lipinski definition) is 7. The van der Waals surface area contributed by atoms with E-state index < -0.39 is 6.23 Å². The molecular weight excluding hydrogens is 348 g/mol. The molecule has 7 heteroatoms. The molecule has 1 atom stereocenters. The molecule has 0 saturated carbocycles. The molecule has 4 rings (SSSR count). The highest BCUT2D eigenvalue weighted by Crippen LogP contribution is 2.41. The highest BCUT2D eigenvalue weighted by Gasteiger charge is 2.28. The molecule has 2 aromatic carbocycles. The number of aromatic hydroxyl groups is 1. The average Bonchev–Trinajstić information content (AvgIpc) is 2.76. The summed E-state index contributed by atoms with van der Waals surface area (Å²) in [6.07, 6.45) is 1.30. The summed E-state index contributed by atoms with van der Waals surface area (Å²) in [5, 5.41) is 22.9. The van der Waals surface area contributed by atoms with Gasteiger partial charge >= 0.3 is 0 Å². The van der Waals surface area contributed by atoms with Crippen LogP contribution in [0.1, 0.15) is 22.9 Å². The molecule has 0 spiro atoms. The van der Waals surface area contributed by atoms with E-state index in [1.54, 1.807) is 6.07 Å². The third kappa shape index (κ3) is 2.84. The van der Waals surface area contributed by atoms with E-state index in [0.29, 0.717) is 22.3 Å². The lowest BCUT2D eigenvalue weighted by molar-refractivity contribution is 0.220. The standard InChI is InChI=1S/C19H18N4O2S/c1-10-8-11(2)15(14(24)9-10)17-20-13-7-5-4-6-12(13)16-18(25-17)21-19(26-3)23-22-16/h4-9,17,20,24H,1-3H3. The van der Waals surface area contributed by atoms with E-state index in [0.717, 1.165) is 22.4 Å². The van der Waals surface area contributed by atoms with E-state index in [1.807, 2.05) is 50.4 Å². The zero-order chi connectivity index (χ0) is 18.3. The number of benzene rings is 2. The van der Waals surface area contributed by atoms with Gasteiger partial charge in [0.2, 0.25) is 17.3 Å². The van der Waals surface area contributed by atoms with Gasteiger partial charge in [0.05, 0.1) is 5.56 Å². The van der Waals surface area contributed by atoms with Crippen LogP contribution in [0, 0.1) is 13.8 Å². The van der Waals surface area contributed by atoms with E-state index in [4.69, 9.17) is 4.74 Å². The van der Waals surface area contributed by atoms with Crippen LogP contribution >= 0.6 is 11.8 Å². The first-order valence-electron chi connectivity index (χ1n) is 8.18. The Morgan fingerprint density at radius 3 is 2.73 bits per heavy atom. The van der Waals surface area contributed by atoms with Gasteiger partial charge in [0.15, 0.2) is 5.69 Å². The summed E-state index contributed by atoms with van der Waals surface area (Å²) < 4.78 is 6.17. The molecule has 6 nitrogen and oxygen atoms in total. The second-order valence-corrected chi connectivity index (χ2v) is 6.93. The minimum Gasteiger partial charge on any atom is -0.507 e. The Balaban J connectivity index is 1.90. The molecule has 0 saturated heterocycles. The average molecular weight is 366 g/mol. The van der Waals surface area contributed by atoms with Gasteiger partial charge < -0.3 is 15.2 Å². The lowest BCUT2D eigenvalue weighted by atomic mass is 10.0. The summed E-state index contributed by atoms with van der Waals surface area (Å²) in [4.78, 5) is 4.49. The molecule has 1 unspecified atom stereocenters. The van der Waals surface area contributed by atoms with Crippen LogP contribution in [0.3, 0.4) is 0 Å². The van der Waals surface area contributed by atoms with Gasteiger partial charge in [-0.25, -0.2) is 0 Å². The van der Waals surface area contributed by atoms with Crippen molar-refractivity contribution in [3.8, 4) is 22.9 Å². The number of thioether (sulfide) groups is 1. The number of nitrogens with one attached hydrogen (secondary N) is 1. The molecule has 0 bridgehead atoms. The van der Waals surface area contributed by atoms with Gasteiger partial charge in [-0.1, -0.05) is 36.0 Å². The number of phenolic OH excluding ortho intramolecular Hbond substituents is 1. The molecular formula is C19H18N4O2S. The maximum Gasteiger partial charge on any atom is 0.247 e. The second kappa shape index (κ2) is 6.49. The Morgan fingerprint density at radius 2 is 1.96 bits per heavy atom. The number of fused-ring (bicyclic) bond motifs is 3. The van der Waals surface area contributed by atoms with Gasteiger partial charge in [-0.15, -0.1) is 10.2 Å². The Morgan fingerprint density at radius 1 is 1.15 bits per heavy atom. The first-order chi connectivity index (χ1) is 12.6. The number of rotatable bonds is 2. The van der Waals surface area contributed by atoms with Crippen molar-refractivity contribution in [2.75, 3.05) is 11.6 Å². The SMILES string of the molecule is CSc1nnc2c(n1)OC(c1c(C)cc(C)cc1O)Nc1ccccc1-2. The van der Waals surface area contributed by atoms with E-state index in [1.165, 1.54) is 11.8 Å². The van der Waals surface area contributed by atoms with Crippen LogP contribution < -0.4 is 10.1 Å². The smallest absolute Gasteiger partial charge is 0.247 e. The van der Waals surface area contributed by atoms with Crippen molar-refractivity contribution >= 4 is 17.4 Å². The van der Waals surface area contributed by atoms with Crippen LogP contribution in [-0.4, -0.2) is 26.5 Å². The maximum absolute atomic E-state index is 10.5. The predicted molar refractivity (Wildman–Crippen MR) is 102 cm³/mol. The predicted octanol–water partition coefficient (Wildman–Crippen LogP) is 4.09. The highest BCUT2D eigenvalue weighted by atomic mass is 32.2. The molecule has 26 heavy (non-hydrogen) atoms. The summed E-state index contributed by atoms with van der Waals surface area (Å²) in [5.74, 6) is 0.583. The summed E-state index contributed by atoms with van der Waals surface area (Å²) in [6, 6.07) is 11.5. The van der Waals surface area contributed by atoms with Crippen molar-refractivity contribution in [2.24, 2.45) is 0 Å². The molecule has 3 aromatic rings. The summed E-state index contributed by atoms with van der Waals surface area (Å²) in [7, 11) is 0. The maximum atomic E-state index is 10.5. The fourth-order valence-electron chi connectivity index (χ4n) is 3.16. The topological polar surface area (TPSA) is 80.2 Å². The van der Waals surface area contributed by atoms with Gasteiger partial charge in [0.25, 0.3) is 0 Å². The number of nitrogens with zero attached hydrogens (tertiary/aromatic N) is 3. The molecule has 0 fully saturated rings. The number of anilines is 1. The molecule has 132 valence electrons. The Kier molecular flexibility index (Phi) is 4.16. The number of phenols is 1. The Bertz CT molecular complexity index is 970. The molecule has 0 amide bonds. The zero-order valence-electron chi connectivity index (χ0n) is 14.6. The fourth-order valence-corrected chi connectivity index (χ4v) is 3.46. The molecule has 1 aliphatic rings. The Hall–Kier alpha value is -2.80. The zero-order valence-corrected chi connectivity index (χ0v) is 15.5. The quantitative estimate of drug-likeness (QED) is 0.661. The highest BCUT2D eigenvalue weighted by molar-refractivity contribution is 7.98. The summed E-state index contributed by atoms with van der Waals surface area (Å²) >= 11 is 1.40. The third-order valence-corrected chi connectivity index (χ3v) is 4.83. The molecule has 2 heterocycles. The van der Waals surface area contributed by atoms with Gasteiger partial charge in [-0.2, -0.15) is 4.98 Å². The van der Waals surface area contributed by atoms with Crippen LogP contribution in [0.4, 0.5) is 5.69 Å². The van der Waals surface area contributed by atoms with Crippen molar-refractivity contribution in [3.63, 3.8) is 0 Å². The van der Waals surface area contributed by atoms with Gasteiger partial charge in [-0.05, 0) is 43.4 Å². The van der Waals surface area contributed by atoms with Crippen molar-refractivity contribution in [2.45, 2.75) is 25.2 Å². The van der Waals surface area contributed by atoms with E-state index in [2.05, 4.69) is 20.5 Å². The minimum absolute atomic E-state index is 0.188. The monoisotopic (exact) mass is 366 g/mol. The van der Waals surface area contributed by atoms with Gasteiger partial charge in [0.1, 0.15) is 5.75 Å². The van der Waals surface area contributed by atoms with Crippen LogP contribution in [0.5, 0.6) is 11.6 Å². The molecule has 0 aliphatic carbocycles. The van der Waals surface area contributed by atoms with Gasteiger partial charge in [0, 0.05) is 11.3 Å². The fraction of sp³-hybridized carbons (Fsp3) is 0.211. The number of hydrogen-bond donors (Lipinski definition) is 2. The summed E-state index contributed by atoms with van der Waals surface area (Å²) in [5.41, 5.74) is 4.91. The van der Waals surface area contributed by atoms with Crippen molar-refractivity contribution < 1.29 is 9.84 Å². The largest absolute Gasteiger partial charge is 0.507 e. The van der Waals surface area contributed by atoms with Crippen molar-refractivity contribution in [1.82, 2.24) is 15.2 Å². The van der Waals surface area contributed by atoms with E-state index >= 15 is 0 Å². The minimum atomic E-state index is -0.593. The molecule has 0 radical (unpaired) electrons. The van der Waals surface area contributed by atoms with Crippen molar-refractivity contribution in [1.29, 1.82) is 0 Å². The normalized spacial score (nSPS) is 15.3. The first kappa shape index (κ1) is 16.7. The van der Waals surface area contributed by atoms with Crippen molar-refractivity contribution in [3.05, 3.63) is 53.1 Å². The lowest BCUT2D eigenvalue weighted by Crippen LogP contribution is -2.18. The molecule has 1 aromatic heterocycles. The van der Waals surface area contributed by atoms with E-state index in [9.17, 15) is 5.11 Å². The number of para-hydroxylation sites is 1. The number of aromatic nitrogens is 3. The third-order valence-electron chi connectivity index (χ3n) is 4.29.